The van der Waals surface area contributed by atoms with Crippen LogP contribution in [0.2, 0.25) is 0 Å². The van der Waals surface area contributed by atoms with Gasteiger partial charge in [0.2, 0.25) is 5.89 Å². The van der Waals surface area contributed by atoms with Crippen molar-refractivity contribution in [3.63, 3.8) is 0 Å². The molecule has 0 aliphatic rings. The minimum absolute atomic E-state index is 0.292. The molecule has 0 aliphatic heterocycles. The zero-order valence-corrected chi connectivity index (χ0v) is 11.7. The second kappa shape index (κ2) is 5.25. The van der Waals surface area contributed by atoms with E-state index in [2.05, 4.69) is 9.97 Å². The van der Waals surface area contributed by atoms with Crippen LogP contribution in [0.15, 0.2) is 28.8 Å². The molecule has 0 radical (unpaired) electrons. The fourth-order valence-corrected chi connectivity index (χ4v) is 2.38. The van der Waals surface area contributed by atoms with Gasteiger partial charge in [0.1, 0.15) is 23.9 Å². The highest BCUT2D eigenvalue weighted by Crippen LogP contribution is 2.20. The topological polar surface area (TPSA) is 43.9 Å². The lowest BCUT2D eigenvalue weighted by Crippen LogP contribution is -2.06. The summed E-state index contributed by atoms with van der Waals surface area (Å²) in [5.74, 6) is 2.28. The molecule has 2 aromatic heterocycles. The first-order valence-electron chi connectivity index (χ1n) is 6.29. The average Bonchev–Trinajstić information content (AvgIpc) is 2.96. The Balaban J connectivity index is 2.09. The van der Waals surface area contributed by atoms with Gasteiger partial charge in [0.15, 0.2) is 0 Å². The summed E-state index contributed by atoms with van der Waals surface area (Å²) in [6, 6.07) is 4.54. The van der Waals surface area contributed by atoms with Crippen LogP contribution in [-0.2, 0) is 13.0 Å². The Morgan fingerprint density at radius 2 is 2.25 bits per heavy atom. The van der Waals surface area contributed by atoms with Crippen LogP contribution in [0.4, 0.5) is 4.39 Å². The van der Waals surface area contributed by atoms with Crippen LogP contribution in [0.5, 0.6) is 0 Å². The van der Waals surface area contributed by atoms with Crippen molar-refractivity contribution >= 4 is 22.6 Å². The van der Waals surface area contributed by atoms with E-state index in [1.54, 1.807) is 12.3 Å². The molecule has 3 aromatic rings. The molecule has 20 heavy (non-hydrogen) atoms. The van der Waals surface area contributed by atoms with E-state index in [4.69, 9.17) is 16.0 Å². The molecule has 0 amide bonds. The van der Waals surface area contributed by atoms with Gasteiger partial charge in [-0.2, -0.15) is 0 Å². The molecular weight excluding hydrogens is 281 g/mol. The number of rotatable bonds is 4. The molecule has 0 saturated heterocycles. The number of nitrogens with zero attached hydrogens (tertiary/aromatic N) is 3. The summed E-state index contributed by atoms with van der Waals surface area (Å²) in [5, 5.41) is 0. The van der Waals surface area contributed by atoms with E-state index in [9.17, 15) is 4.39 Å². The summed E-state index contributed by atoms with van der Waals surface area (Å²) in [7, 11) is 0. The average molecular weight is 294 g/mol. The summed E-state index contributed by atoms with van der Waals surface area (Å²) in [4.78, 5) is 8.67. The van der Waals surface area contributed by atoms with Crippen LogP contribution >= 0.6 is 11.6 Å². The van der Waals surface area contributed by atoms with Crippen LogP contribution in [0.1, 0.15) is 17.5 Å². The van der Waals surface area contributed by atoms with Gasteiger partial charge in [-0.1, -0.05) is 0 Å². The SMILES string of the molecule is Cc1cnc(Cn2c(CCCl)nc3ccc(F)cc32)o1. The number of aromatic nitrogens is 3. The van der Waals surface area contributed by atoms with Gasteiger partial charge in [0, 0.05) is 12.3 Å². The number of hydrogen-bond donors (Lipinski definition) is 0. The molecule has 1 aromatic carbocycles. The predicted octanol–water partition coefficient (Wildman–Crippen LogP) is 3.30. The lowest BCUT2D eigenvalue weighted by Gasteiger charge is -2.05. The minimum Gasteiger partial charge on any atom is -0.444 e. The predicted molar refractivity (Wildman–Crippen MR) is 74.5 cm³/mol. The highest BCUT2D eigenvalue weighted by molar-refractivity contribution is 6.17. The van der Waals surface area contributed by atoms with Crippen LogP contribution < -0.4 is 0 Å². The molecular formula is C14H13ClFN3O. The Morgan fingerprint density at radius 3 is 2.95 bits per heavy atom. The second-order valence-corrected chi connectivity index (χ2v) is 4.93. The molecule has 0 bridgehead atoms. The molecule has 0 spiro atoms. The molecule has 0 atom stereocenters. The quantitative estimate of drug-likeness (QED) is 0.693. The first kappa shape index (κ1) is 13.1. The standard InChI is InChI=1S/C14H13ClFN3O/c1-9-7-17-14(20-9)8-19-12-6-10(16)2-3-11(12)18-13(19)4-5-15/h2-3,6-7H,4-5,8H2,1H3. The summed E-state index contributed by atoms with van der Waals surface area (Å²) in [6.45, 7) is 2.25. The van der Waals surface area contributed by atoms with Crippen molar-refractivity contribution in [2.24, 2.45) is 0 Å². The Morgan fingerprint density at radius 1 is 1.40 bits per heavy atom. The highest BCUT2D eigenvalue weighted by Gasteiger charge is 2.13. The van der Waals surface area contributed by atoms with Crippen molar-refractivity contribution in [2.45, 2.75) is 19.9 Å². The maximum atomic E-state index is 13.4. The van der Waals surface area contributed by atoms with Crippen molar-refractivity contribution < 1.29 is 8.81 Å². The number of aryl methyl sites for hydroxylation is 2. The lowest BCUT2D eigenvalue weighted by atomic mass is 10.3. The third-order valence-electron chi connectivity index (χ3n) is 3.07. The normalized spacial score (nSPS) is 11.3. The maximum Gasteiger partial charge on any atom is 0.214 e. The van der Waals surface area contributed by atoms with Gasteiger partial charge in [-0.25, -0.2) is 14.4 Å². The molecule has 0 aliphatic carbocycles. The Hall–Kier alpha value is -1.88. The fraction of sp³-hybridized carbons (Fsp3) is 0.286. The van der Waals surface area contributed by atoms with E-state index in [1.165, 1.54) is 12.1 Å². The van der Waals surface area contributed by atoms with Crippen LogP contribution in [0.3, 0.4) is 0 Å². The van der Waals surface area contributed by atoms with Crippen LogP contribution in [-0.4, -0.2) is 20.4 Å². The van der Waals surface area contributed by atoms with E-state index < -0.39 is 0 Å². The molecule has 2 heterocycles. The number of alkyl halides is 1. The van der Waals surface area contributed by atoms with Crippen molar-refractivity contribution in [1.82, 2.24) is 14.5 Å². The number of fused-ring (bicyclic) bond motifs is 1. The first-order chi connectivity index (χ1) is 9.67. The molecule has 0 N–H and O–H groups in total. The van der Waals surface area contributed by atoms with Gasteiger partial charge in [-0.05, 0) is 25.1 Å². The number of oxazole rings is 1. The molecule has 0 saturated carbocycles. The van der Waals surface area contributed by atoms with Crippen molar-refractivity contribution in [3.8, 4) is 0 Å². The van der Waals surface area contributed by atoms with Gasteiger partial charge in [-0.3, -0.25) is 0 Å². The number of halogens is 2. The summed E-state index contributed by atoms with van der Waals surface area (Å²) < 4.78 is 20.8. The van der Waals surface area contributed by atoms with Gasteiger partial charge in [0.05, 0.1) is 17.2 Å². The smallest absolute Gasteiger partial charge is 0.214 e. The zero-order chi connectivity index (χ0) is 14.1. The second-order valence-electron chi connectivity index (χ2n) is 4.55. The molecule has 6 heteroatoms. The first-order valence-corrected chi connectivity index (χ1v) is 6.83. The van der Waals surface area contributed by atoms with Crippen LogP contribution in [0, 0.1) is 12.7 Å². The van der Waals surface area contributed by atoms with Gasteiger partial charge >= 0.3 is 0 Å². The summed E-state index contributed by atoms with van der Waals surface area (Å²) in [6.07, 6.45) is 2.27. The van der Waals surface area contributed by atoms with E-state index >= 15 is 0 Å². The van der Waals surface area contributed by atoms with Gasteiger partial charge in [0.25, 0.3) is 0 Å². The number of imidazole rings is 1. The molecule has 104 valence electrons. The van der Waals surface area contributed by atoms with E-state index in [0.29, 0.717) is 24.7 Å². The Labute approximate surface area is 120 Å². The monoisotopic (exact) mass is 293 g/mol. The lowest BCUT2D eigenvalue weighted by molar-refractivity contribution is 0.456. The third kappa shape index (κ3) is 2.41. The summed E-state index contributed by atoms with van der Waals surface area (Å²) >= 11 is 5.81. The molecule has 4 nitrogen and oxygen atoms in total. The zero-order valence-electron chi connectivity index (χ0n) is 10.9. The van der Waals surface area contributed by atoms with E-state index in [1.807, 2.05) is 11.5 Å². The van der Waals surface area contributed by atoms with Gasteiger partial charge < -0.3 is 8.98 Å². The number of hydrogen-bond acceptors (Lipinski definition) is 3. The van der Waals surface area contributed by atoms with Gasteiger partial charge in [-0.15, -0.1) is 11.6 Å². The van der Waals surface area contributed by atoms with Crippen molar-refractivity contribution in [3.05, 3.63) is 47.7 Å². The Kier molecular flexibility index (Phi) is 3.44. The molecule has 0 unspecified atom stereocenters. The fourth-order valence-electron chi connectivity index (χ4n) is 2.21. The minimum atomic E-state index is -0.292. The largest absolute Gasteiger partial charge is 0.444 e. The van der Waals surface area contributed by atoms with Crippen molar-refractivity contribution in [2.75, 3.05) is 5.88 Å². The molecule has 0 fully saturated rings. The van der Waals surface area contributed by atoms with E-state index in [-0.39, 0.29) is 5.82 Å². The highest BCUT2D eigenvalue weighted by atomic mass is 35.5. The van der Waals surface area contributed by atoms with Crippen molar-refractivity contribution in [1.29, 1.82) is 0 Å². The third-order valence-corrected chi connectivity index (χ3v) is 3.26. The van der Waals surface area contributed by atoms with E-state index in [0.717, 1.165) is 22.6 Å². The summed E-state index contributed by atoms with van der Waals surface area (Å²) in [5.41, 5.74) is 1.47. The number of benzene rings is 1. The Bertz CT molecular complexity index is 750. The van der Waals surface area contributed by atoms with Crippen LogP contribution in [0.25, 0.3) is 11.0 Å². The molecule has 3 rings (SSSR count). The maximum absolute atomic E-state index is 13.4.